The molecule has 2 heteroatoms. The second-order valence-electron chi connectivity index (χ2n) is 6.16. The number of rotatable bonds is 0. The molecule has 4 rings (SSSR count). The Morgan fingerprint density at radius 2 is 1.56 bits per heavy atom. The molecule has 0 amide bonds. The van der Waals surface area contributed by atoms with E-state index in [9.17, 15) is 9.59 Å². The third-order valence-electron chi connectivity index (χ3n) is 5.23. The second-order valence-corrected chi connectivity index (χ2v) is 6.16. The number of ketones is 2. The summed E-state index contributed by atoms with van der Waals surface area (Å²) in [6.07, 6.45) is 3.39. The Bertz CT molecular complexity index is 572. The Morgan fingerprint density at radius 1 is 0.944 bits per heavy atom. The van der Waals surface area contributed by atoms with Crippen LogP contribution in [-0.4, -0.2) is 11.6 Å². The van der Waals surface area contributed by atoms with Crippen molar-refractivity contribution in [1.29, 1.82) is 0 Å². The van der Waals surface area contributed by atoms with Crippen LogP contribution in [0.2, 0.25) is 0 Å². The van der Waals surface area contributed by atoms with E-state index < -0.39 is 0 Å². The summed E-state index contributed by atoms with van der Waals surface area (Å²) in [5.74, 6) is 1.44. The lowest BCUT2D eigenvalue weighted by Gasteiger charge is -2.33. The predicted molar refractivity (Wildman–Crippen MR) is 67.7 cm³/mol. The van der Waals surface area contributed by atoms with Gasteiger partial charge in [0.15, 0.2) is 11.6 Å². The minimum absolute atomic E-state index is 0.00514. The summed E-state index contributed by atoms with van der Waals surface area (Å²) < 4.78 is 0. The van der Waals surface area contributed by atoms with Crippen molar-refractivity contribution in [1.82, 2.24) is 0 Å². The number of benzene rings is 1. The minimum Gasteiger partial charge on any atom is -0.294 e. The number of carbonyl (C=O) groups is 2. The van der Waals surface area contributed by atoms with E-state index >= 15 is 0 Å². The maximum atomic E-state index is 12.6. The zero-order chi connectivity index (χ0) is 12.4. The van der Waals surface area contributed by atoms with Crippen LogP contribution in [0.15, 0.2) is 18.2 Å². The monoisotopic (exact) mass is 240 g/mol. The van der Waals surface area contributed by atoms with Crippen molar-refractivity contribution in [2.24, 2.45) is 23.7 Å². The number of hydrogen-bond acceptors (Lipinski definition) is 2. The van der Waals surface area contributed by atoms with Crippen molar-refractivity contribution >= 4 is 11.6 Å². The average molecular weight is 240 g/mol. The van der Waals surface area contributed by atoms with Gasteiger partial charge >= 0.3 is 0 Å². The van der Waals surface area contributed by atoms with Gasteiger partial charge in [0.25, 0.3) is 0 Å². The molecule has 92 valence electrons. The summed E-state index contributed by atoms with van der Waals surface area (Å²) in [6.45, 7) is 1.98. The number of aryl methyl sites for hydroxylation is 1. The number of fused-ring (bicyclic) bond motifs is 6. The van der Waals surface area contributed by atoms with E-state index in [0.29, 0.717) is 23.0 Å². The smallest absolute Gasteiger partial charge is 0.167 e. The third kappa shape index (κ3) is 1.14. The zero-order valence-corrected chi connectivity index (χ0v) is 10.5. The maximum Gasteiger partial charge on any atom is 0.167 e. The van der Waals surface area contributed by atoms with E-state index in [1.807, 2.05) is 25.1 Å². The highest BCUT2D eigenvalue weighted by Gasteiger charge is 2.56. The lowest BCUT2D eigenvalue weighted by molar-refractivity contribution is 0.0661. The molecular formula is C16H16O2. The molecule has 2 nitrogen and oxygen atoms in total. The molecule has 2 bridgehead atoms. The Hall–Kier alpha value is -1.44. The van der Waals surface area contributed by atoms with Gasteiger partial charge in [-0.25, -0.2) is 0 Å². The van der Waals surface area contributed by atoms with Gasteiger partial charge < -0.3 is 0 Å². The van der Waals surface area contributed by atoms with Gasteiger partial charge in [0, 0.05) is 23.0 Å². The topological polar surface area (TPSA) is 34.1 Å². The first-order valence-corrected chi connectivity index (χ1v) is 6.86. The molecule has 0 spiro atoms. The van der Waals surface area contributed by atoms with E-state index in [2.05, 4.69) is 0 Å². The average Bonchev–Trinajstić information content (AvgIpc) is 2.96. The largest absolute Gasteiger partial charge is 0.294 e. The Morgan fingerprint density at radius 3 is 2.22 bits per heavy atom. The van der Waals surface area contributed by atoms with Crippen LogP contribution in [-0.2, 0) is 0 Å². The van der Waals surface area contributed by atoms with Gasteiger partial charge in [-0.2, -0.15) is 0 Å². The highest BCUT2D eigenvalue weighted by Crippen LogP contribution is 2.56. The van der Waals surface area contributed by atoms with Crippen LogP contribution in [0.25, 0.3) is 0 Å². The van der Waals surface area contributed by atoms with Crippen LogP contribution in [0.1, 0.15) is 45.5 Å². The Kier molecular flexibility index (Phi) is 1.93. The fourth-order valence-electron chi connectivity index (χ4n) is 4.48. The van der Waals surface area contributed by atoms with Gasteiger partial charge in [-0.1, -0.05) is 17.7 Å². The first-order chi connectivity index (χ1) is 8.66. The number of Topliss-reactive ketones (excluding diaryl/α,β-unsaturated/α-hetero) is 2. The van der Waals surface area contributed by atoms with Crippen molar-refractivity contribution in [3.05, 3.63) is 34.9 Å². The van der Waals surface area contributed by atoms with Crippen LogP contribution in [0.4, 0.5) is 0 Å². The van der Waals surface area contributed by atoms with Gasteiger partial charge in [-0.15, -0.1) is 0 Å². The fraction of sp³-hybridized carbons (Fsp3) is 0.500. The summed E-state index contributed by atoms with van der Waals surface area (Å²) in [7, 11) is 0. The molecule has 1 aromatic rings. The van der Waals surface area contributed by atoms with E-state index in [4.69, 9.17) is 0 Å². The molecule has 0 saturated heterocycles. The summed E-state index contributed by atoms with van der Waals surface area (Å²) in [4.78, 5) is 25.2. The standard InChI is InChI=1S/C16H16O2/c1-8-2-5-11-12(6-8)16(18)14-10-4-3-9(7-10)13(14)15(11)17/h2,5-6,9-10,13-14H,3-4,7H2,1H3. The van der Waals surface area contributed by atoms with Crippen molar-refractivity contribution in [2.45, 2.75) is 26.2 Å². The summed E-state index contributed by atoms with van der Waals surface area (Å²) in [6, 6.07) is 5.70. The van der Waals surface area contributed by atoms with Gasteiger partial charge in [-0.3, -0.25) is 9.59 Å². The van der Waals surface area contributed by atoms with E-state index in [-0.39, 0.29) is 23.4 Å². The molecule has 1 aromatic carbocycles. The summed E-state index contributed by atoms with van der Waals surface area (Å²) >= 11 is 0. The molecule has 2 fully saturated rings. The van der Waals surface area contributed by atoms with Crippen LogP contribution < -0.4 is 0 Å². The molecule has 0 aromatic heterocycles. The quantitative estimate of drug-likeness (QED) is 0.698. The summed E-state index contributed by atoms with van der Waals surface area (Å²) in [5, 5.41) is 0. The highest BCUT2D eigenvalue weighted by molar-refractivity contribution is 6.16. The Labute approximate surface area is 106 Å². The van der Waals surface area contributed by atoms with E-state index in [0.717, 1.165) is 24.8 Å². The van der Waals surface area contributed by atoms with E-state index in [1.54, 1.807) is 0 Å². The molecule has 0 N–H and O–H groups in total. The van der Waals surface area contributed by atoms with Crippen molar-refractivity contribution < 1.29 is 9.59 Å². The predicted octanol–water partition coefficient (Wildman–Crippen LogP) is 3.04. The molecule has 18 heavy (non-hydrogen) atoms. The SMILES string of the molecule is Cc1ccc2c(c1)C(=O)C1C3CCC(C3)C1C2=O. The molecule has 4 unspecified atom stereocenters. The van der Waals surface area contributed by atoms with E-state index in [1.165, 1.54) is 0 Å². The van der Waals surface area contributed by atoms with Gasteiger partial charge in [0.2, 0.25) is 0 Å². The lowest BCUT2D eigenvalue weighted by atomic mass is 9.67. The number of carbonyl (C=O) groups excluding carboxylic acids is 2. The van der Waals surface area contributed by atoms with Crippen LogP contribution in [0.5, 0.6) is 0 Å². The lowest BCUT2D eigenvalue weighted by Crippen LogP contribution is -2.40. The molecule has 3 aliphatic carbocycles. The molecule has 0 radical (unpaired) electrons. The van der Waals surface area contributed by atoms with Crippen molar-refractivity contribution in [2.75, 3.05) is 0 Å². The van der Waals surface area contributed by atoms with Crippen molar-refractivity contribution in [3.8, 4) is 0 Å². The zero-order valence-electron chi connectivity index (χ0n) is 10.5. The number of hydrogen-bond donors (Lipinski definition) is 0. The fourth-order valence-corrected chi connectivity index (χ4v) is 4.48. The normalized spacial score (nSPS) is 36.7. The molecule has 3 aliphatic rings. The van der Waals surface area contributed by atoms with Crippen molar-refractivity contribution in [3.63, 3.8) is 0 Å². The second kappa shape index (κ2) is 3.31. The molecular weight excluding hydrogens is 224 g/mol. The maximum absolute atomic E-state index is 12.6. The molecule has 2 saturated carbocycles. The Balaban J connectivity index is 1.91. The minimum atomic E-state index is 0.00514. The van der Waals surface area contributed by atoms with Gasteiger partial charge in [0.1, 0.15) is 0 Å². The molecule has 4 atom stereocenters. The van der Waals surface area contributed by atoms with Gasteiger partial charge in [0.05, 0.1) is 0 Å². The van der Waals surface area contributed by atoms with Crippen LogP contribution >= 0.6 is 0 Å². The molecule has 0 heterocycles. The molecule has 0 aliphatic heterocycles. The first kappa shape index (κ1) is 10.5. The highest BCUT2D eigenvalue weighted by atomic mass is 16.1. The third-order valence-corrected chi connectivity index (χ3v) is 5.23. The summed E-state index contributed by atoms with van der Waals surface area (Å²) in [5.41, 5.74) is 2.43. The first-order valence-electron chi connectivity index (χ1n) is 6.86. The van der Waals surface area contributed by atoms with Crippen LogP contribution in [0.3, 0.4) is 0 Å². The van der Waals surface area contributed by atoms with Gasteiger partial charge in [-0.05, 0) is 44.1 Å². The van der Waals surface area contributed by atoms with Crippen LogP contribution in [0, 0.1) is 30.6 Å².